The van der Waals surface area contributed by atoms with Crippen molar-refractivity contribution in [2.75, 3.05) is 4.90 Å². The standard InChI is InChI=1S/C54H35NS/c1-3-16-42-36(13-1)15-11-22-43(42)37-27-31-40(32-28-37)55(41-33-29-38(30-34-41)45-23-12-26-53-54(45)49-21-8-10-25-52(49)56-53)51-24-9-7-20-48(51)50-35-39-14-2-4-17-44(39)46-18-5-6-19-47(46)50/h1-35H. The fraction of sp³-hybridized carbons (Fsp3) is 0. The summed E-state index contributed by atoms with van der Waals surface area (Å²) in [5.41, 5.74) is 10.7. The first-order chi connectivity index (χ1) is 27.8. The van der Waals surface area contributed by atoms with Crippen molar-refractivity contribution in [2.24, 2.45) is 0 Å². The largest absolute Gasteiger partial charge is 0.310 e. The van der Waals surface area contributed by atoms with Gasteiger partial charge < -0.3 is 4.90 Å². The molecule has 0 N–H and O–H groups in total. The van der Waals surface area contributed by atoms with Gasteiger partial charge in [-0.15, -0.1) is 11.3 Å². The van der Waals surface area contributed by atoms with Gasteiger partial charge in [0.1, 0.15) is 0 Å². The number of hydrogen-bond acceptors (Lipinski definition) is 2. The predicted octanol–water partition coefficient (Wildman–Crippen LogP) is 16.0. The molecule has 0 aliphatic rings. The van der Waals surface area contributed by atoms with Crippen LogP contribution in [-0.4, -0.2) is 0 Å². The van der Waals surface area contributed by atoms with Crippen LogP contribution in [0.25, 0.3) is 85.9 Å². The molecule has 10 aromatic carbocycles. The van der Waals surface area contributed by atoms with Crippen molar-refractivity contribution in [3.8, 4) is 33.4 Å². The second kappa shape index (κ2) is 13.4. The van der Waals surface area contributed by atoms with Gasteiger partial charge in [-0.25, -0.2) is 0 Å². The van der Waals surface area contributed by atoms with Crippen LogP contribution in [0.4, 0.5) is 17.1 Å². The molecule has 0 saturated heterocycles. The van der Waals surface area contributed by atoms with Crippen LogP contribution in [0.1, 0.15) is 0 Å². The van der Waals surface area contributed by atoms with E-state index in [9.17, 15) is 0 Å². The van der Waals surface area contributed by atoms with Crippen molar-refractivity contribution in [1.29, 1.82) is 0 Å². The highest BCUT2D eigenvalue weighted by atomic mass is 32.1. The van der Waals surface area contributed by atoms with E-state index in [1.165, 1.54) is 85.9 Å². The van der Waals surface area contributed by atoms with E-state index < -0.39 is 0 Å². The minimum Gasteiger partial charge on any atom is -0.310 e. The zero-order valence-electron chi connectivity index (χ0n) is 30.6. The molecule has 11 aromatic rings. The molecular formula is C54H35NS. The van der Waals surface area contributed by atoms with Gasteiger partial charge in [-0.3, -0.25) is 0 Å². The molecule has 262 valence electrons. The van der Waals surface area contributed by atoms with Crippen LogP contribution in [0.5, 0.6) is 0 Å². The third-order valence-corrected chi connectivity index (χ3v) is 12.4. The zero-order chi connectivity index (χ0) is 37.0. The molecule has 0 saturated carbocycles. The molecule has 0 atom stereocenters. The summed E-state index contributed by atoms with van der Waals surface area (Å²) in [6, 6.07) is 77.7. The number of rotatable bonds is 6. The SMILES string of the molecule is c1ccc(N(c2ccc(-c3cccc4ccccc34)cc2)c2ccc(-c3cccc4sc5ccccc5c34)cc2)c(-c2cc3ccccc3c3ccccc23)c1. The second-order valence-corrected chi connectivity index (χ2v) is 15.5. The molecule has 0 fully saturated rings. The van der Waals surface area contributed by atoms with E-state index in [0.29, 0.717) is 0 Å². The van der Waals surface area contributed by atoms with E-state index in [2.05, 4.69) is 217 Å². The topological polar surface area (TPSA) is 3.24 Å². The number of para-hydroxylation sites is 1. The molecule has 0 bridgehead atoms. The van der Waals surface area contributed by atoms with Crippen molar-refractivity contribution in [3.05, 3.63) is 212 Å². The summed E-state index contributed by atoms with van der Waals surface area (Å²) >= 11 is 1.87. The third-order valence-electron chi connectivity index (χ3n) is 11.3. The Balaban J connectivity index is 1.09. The summed E-state index contributed by atoms with van der Waals surface area (Å²) in [6.07, 6.45) is 0. The minimum atomic E-state index is 1.10. The monoisotopic (exact) mass is 729 g/mol. The lowest BCUT2D eigenvalue weighted by Gasteiger charge is -2.29. The lowest BCUT2D eigenvalue weighted by atomic mass is 9.92. The van der Waals surface area contributed by atoms with Crippen molar-refractivity contribution in [1.82, 2.24) is 0 Å². The summed E-state index contributed by atoms with van der Waals surface area (Å²) in [4.78, 5) is 2.43. The van der Waals surface area contributed by atoms with Crippen LogP contribution < -0.4 is 4.90 Å². The normalized spacial score (nSPS) is 11.6. The first-order valence-corrected chi connectivity index (χ1v) is 20.0. The maximum absolute atomic E-state index is 2.43. The Hall–Kier alpha value is -7.00. The molecule has 1 heterocycles. The summed E-state index contributed by atoms with van der Waals surface area (Å²) in [5.74, 6) is 0. The molecule has 0 unspecified atom stereocenters. The maximum Gasteiger partial charge on any atom is 0.0540 e. The predicted molar refractivity (Wildman–Crippen MR) is 243 cm³/mol. The van der Waals surface area contributed by atoms with Gasteiger partial charge in [0.15, 0.2) is 0 Å². The summed E-state index contributed by atoms with van der Waals surface area (Å²) in [5, 5.41) is 10.2. The summed E-state index contributed by atoms with van der Waals surface area (Å²) < 4.78 is 2.64. The van der Waals surface area contributed by atoms with Crippen molar-refractivity contribution in [3.63, 3.8) is 0 Å². The molecule has 1 aromatic heterocycles. The Morgan fingerprint density at radius 2 is 0.821 bits per heavy atom. The molecule has 1 nitrogen and oxygen atoms in total. The highest BCUT2D eigenvalue weighted by Gasteiger charge is 2.20. The molecule has 0 amide bonds. The number of fused-ring (bicyclic) bond motifs is 7. The Morgan fingerprint density at radius 3 is 1.61 bits per heavy atom. The lowest BCUT2D eigenvalue weighted by Crippen LogP contribution is -2.11. The fourth-order valence-electron chi connectivity index (χ4n) is 8.67. The van der Waals surface area contributed by atoms with Gasteiger partial charge in [0.05, 0.1) is 5.69 Å². The summed E-state index contributed by atoms with van der Waals surface area (Å²) in [7, 11) is 0. The van der Waals surface area contributed by atoms with E-state index in [-0.39, 0.29) is 0 Å². The molecule has 0 radical (unpaired) electrons. The molecule has 0 aliphatic carbocycles. The van der Waals surface area contributed by atoms with Gasteiger partial charge in [0, 0.05) is 37.1 Å². The van der Waals surface area contributed by atoms with Gasteiger partial charge in [-0.1, -0.05) is 164 Å². The number of nitrogens with zero attached hydrogens (tertiary/aromatic N) is 1. The van der Waals surface area contributed by atoms with E-state index in [1.54, 1.807) is 0 Å². The average Bonchev–Trinajstić information content (AvgIpc) is 3.66. The van der Waals surface area contributed by atoms with Crippen LogP contribution >= 0.6 is 11.3 Å². The van der Waals surface area contributed by atoms with E-state index in [1.807, 2.05) is 11.3 Å². The van der Waals surface area contributed by atoms with Crippen LogP contribution in [-0.2, 0) is 0 Å². The van der Waals surface area contributed by atoms with Crippen LogP contribution in [0, 0.1) is 0 Å². The molecule has 56 heavy (non-hydrogen) atoms. The van der Waals surface area contributed by atoms with Crippen LogP contribution in [0.3, 0.4) is 0 Å². The molecule has 0 spiro atoms. The fourth-order valence-corrected chi connectivity index (χ4v) is 9.81. The van der Waals surface area contributed by atoms with Crippen molar-refractivity contribution < 1.29 is 0 Å². The Morgan fingerprint density at radius 1 is 0.304 bits per heavy atom. The summed E-state index contributed by atoms with van der Waals surface area (Å²) in [6.45, 7) is 0. The quantitative estimate of drug-likeness (QED) is 0.154. The highest BCUT2D eigenvalue weighted by molar-refractivity contribution is 7.25. The lowest BCUT2D eigenvalue weighted by molar-refractivity contribution is 1.28. The van der Waals surface area contributed by atoms with Gasteiger partial charge in [0.2, 0.25) is 0 Å². The van der Waals surface area contributed by atoms with Gasteiger partial charge >= 0.3 is 0 Å². The highest BCUT2D eigenvalue weighted by Crippen LogP contribution is 2.46. The van der Waals surface area contributed by atoms with Gasteiger partial charge in [-0.05, 0) is 109 Å². The maximum atomic E-state index is 2.43. The van der Waals surface area contributed by atoms with Gasteiger partial charge in [-0.2, -0.15) is 0 Å². The van der Waals surface area contributed by atoms with Crippen LogP contribution in [0.15, 0.2) is 212 Å². The van der Waals surface area contributed by atoms with E-state index in [0.717, 1.165) is 17.1 Å². The van der Waals surface area contributed by atoms with Crippen LogP contribution in [0.2, 0.25) is 0 Å². The minimum absolute atomic E-state index is 1.10. The Kier molecular flexibility index (Phi) is 7.75. The van der Waals surface area contributed by atoms with Crippen molar-refractivity contribution in [2.45, 2.75) is 0 Å². The first-order valence-electron chi connectivity index (χ1n) is 19.2. The Labute approximate surface area is 330 Å². The third kappa shape index (κ3) is 5.38. The zero-order valence-corrected chi connectivity index (χ0v) is 31.4. The second-order valence-electron chi connectivity index (χ2n) is 14.4. The Bertz CT molecular complexity index is 3240. The number of benzene rings is 10. The number of hydrogen-bond donors (Lipinski definition) is 0. The number of anilines is 3. The van der Waals surface area contributed by atoms with Gasteiger partial charge in [0.25, 0.3) is 0 Å². The molecule has 0 aliphatic heterocycles. The van der Waals surface area contributed by atoms with Crippen molar-refractivity contribution >= 4 is 80.9 Å². The van der Waals surface area contributed by atoms with E-state index in [4.69, 9.17) is 0 Å². The smallest absolute Gasteiger partial charge is 0.0540 e. The molecule has 2 heteroatoms. The first kappa shape index (κ1) is 32.4. The molecule has 11 rings (SSSR count). The van der Waals surface area contributed by atoms with E-state index >= 15 is 0 Å². The number of thiophene rings is 1. The average molecular weight is 730 g/mol. The molecular weight excluding hydrogens is 695 g/mol.